The Labute approximate surface area is 91.2 Å². The summed E-state index contributed by atoms with van der Waals surface area (Å²) in [6.45, 7) is 3.81. The Morgan fingerprint density at radius 1 is 1.33 bits per heavy atom. The molecule has 0 radical (unpaired) electrons. The summed E-state index contributed by atoms with van der Waals surface area (Å²) in [6.07, 6.45) is 1.25. The van der Waals surface area contributed by atoms with Gasteiger partial charge in [-0.3, -0.25) is 0 Å². The molecule has 0 aromatic heterocycles. The Morgan fingerprint density at radius 3 is 2.40 bits per heavy atom. The van der Waals surface area contributed by atoms with Crippen molar-refractivity contribution in [1.29, 1.82) is 0 Å². The van der Waals surface area contributed by atoms with E-state index >= 15 is 0 Å². The predicted molar refractivity (Wildman–Crippen MR) is 63.6 cm³/mol. The number of nitrogens with two attached hydrogens (primary N) is 1. The molecule has 0 atom stereocenters. The van der Waals surface area contributed by atoms with Crippen LogP contribution < -0.4 is 5.73 Å². The van der Waals surface area contributed by atoms with Crippen LogP contribution in [0.25, 0.3) is 0 Å². The fraction of sp³-hybridized carbons (Fsp3) is 0.455. The maximum absolute atomic E-state index is 11.3. The van der Waals surface area contributed by atoms with E-state index in [0.717, 1.165) is 5.56 Å². The maximum Gasteiger partial charge on any atom is 0.148 e. The molecular formula is C11H17NO2S. The summed E-state index contributed by atoms with van der Waals surface area (Å²) in [5.74, 6) is 0.128. The minimum atomic E-state index is -2.98. The Bertz CT molecular complexity index is 449. The van der Waals surface area contributed by atoms with Crippen molar-refractivity contribution in [3.05, 3.63) is 29.8 Å². The van der Waals surface area contributed by atoms with Gasteiger partial charge in [0.1, 0.15) is 9.84 Å². The van der Waals surface area contributed by atoms with Gasteiger partial charge in [0, 0.05) is 17.4 Å². The van der Waals surface area contributed by atoms with Gasteiger partial charge in [-0.1, -0.05) is 26.0 Å². The van der Waals surface area contributed by atoms with Crippen molar-refractivity contribution < 1.29 is 8.42 Å². The van der Waals surface area contributed by atoms with Crippen molar-refractivity contribution in [2.24, 2.45) is 0 Å². The van der Waals surface area contributed by atoms with E-state index in [9.17, 15) is 8.42 Å². The van der Waals surface area contributed by atoms with Crippen LogP contribution in [0.4, 0.5) is 5.69 Å². The lowest BCUT2D eigenvalue weighted by molar-refractivity contribution is 0.552. The number of hydrogen-bond acceptors (Lipinski definition) is 3. The van der Waals surface area contributed by atoms with Crippen LogP contribution in [0.1, 0.15) is 19.4 Å². The van der Waals surface area contributed by atoms with E-state index in [1.807, 2.05) is 32.0 Å². The molecule has 0 aliphatic carbocycles. The van der Waals surface area contributed by atoms with Gasteiger partial charge in [-0.2, -0.15) is 0 Å². The average molecular weight is 227 g/mol. The zero-order valence-electron chi connectivity index (χ0n) is 9.32. The van der Waals surface area contributed by atoms with Gasteiger partial charge in [-0.25, -0.2) is 8.42 Å². The van der Waals surface area contributed by atoms with Gasteiger partial charge in [-0.05, 0) is 17.7 Å². The fourth-order valence-electron chi connectivity index (χ4n) is 1.70. The van der Waals surface area contributed by atoms with Crippen LogP contribution in [0, 0.1) is 0 Å². The average Bonchev–Trinajstić information content (AvgIpc) is 1.99. The van der Waals surface area contributed by atoms with Gasteiger partial charge in [-0.15, -0.1) is 0 Å². The molecule has 4 heteroatoms. The lowest BCUT2D eigenvalue weighted by atomic mass is 9.86. The Hall–Kier alpha value is -1.03. The van der Waals surface area contributed by atoms with Crippen LogP contribution in [0.2, 0.25) is 0 Å². The second-order valence-corrected chi connectivity index (χ2v) is 6.72. The summed E-state index contributed by atoms with van der Waals surface area (Å²) >= 11 is 0. The molecule has 0 bridgehead atoms. The van der Waals surface area contributed by atoms with E-state index in [1.54, 1.807) is 6.07 Å². The molecule has 1 aromatic carbocycles. The highest BCUT2D eigenvalue weighted by atomic mass is 32.2. The van der Waals surface area contributed by atoms with Gasteiger partial charge < -0.3 is 5.73 Å². The molecule has 84 valence electrons. The molecule has 0 fully saturated rings. The van der Waals surface area contributed by atoms with Crippen LogP contribution in [-0.2, 0) is 15.3 Å². The molecule has 3 nitrogen and oxygen atoms in total. The molecule has 1 aromatic rings. The largest absolute Gasteiger partial charge is 0.399 e. The molecule has 0 heterocycles. The summed E-state index contributed by atoms with van der Waals surface area (Å²) in [6, 6.07) is 7.36. The zero-order chi connectivity index (χ0) is 11.7. The summed E-state index contributed by atoms with van der Waals surface area (Å²) in [5, 5.41) is 0. The highest BCUT2D eigenvalue weighted by Gasteiger charge is 2.25. The number of anilines is 1. The molecular weight excluding hydrogens is 210 g/mol. The van der Waals surface area contributed by atoms with E-state index in [0.29, 0.717) is 5.69 Å². The Morgan fingerprint density at radius 2 is 1.93 bits per heavy atom. The number of rotatable bonds is 3. The molecule has 0 spiro atoms. The highest BCUT2D eigenvalue weighted by Crippen LogP contribution is 2.26. The zero-order valence-corrected chi connectivity index (χ0v) is 10.1. The monoisotopic (exact) mass is 227 g/mol. The lowest BCUT2D eigenvalue weighted by Gasteiger charge is -2.24. The van der Waals surface area contributed by atoms with E-state index in [-0.39, 0.29) is 5.75 Å². The normalized spacial score (nSPS) is 12.7. The van der Waals surface area contributed by atoms with Gasteiger partial charge in [0.2, 0.25) is 0 Å². The first-order chi connectivity index (χ1) is 6.71. The van der Waals surface area contributed by atoms with E-state index in [4.69, 9.17) is 5.73 Å². The summed E-state index contributed by atoms with van der Waals surface area (Å²) in [5.41, 5.74) is 6.88. The molecule has 0 unspecified atom stereocenters. The first-order valence-electron chi connectivity index (χ1n) is 4.74. The van der Waals surface area contributed by atoms with Gasteiger partial charge >= 0.3 is 0 Å². The Kier molecular flexibility index (Phi) is 3.09. The second kappa shape index (κ2) is 3.85. The van der Waals surface area contributed by atoms with E-state index in [1.165, 1.54) is 6.26 Å². The molecule has 2 N–H and O–H groups in total. The van der Waals surface area contributed by atoms with Gasteiger partial charge in [0.15, 0.2) is 0 Å². The summed E-state index contributed by atoms with van der Waals surface area (Å²) in [7, 11) is -2.98. The first kappa shape index (κ1) is 12.0. The fourth-order valence-corrected chi connectivity index (χ4v) is 3.18. The van der Waals surface area contributed by atoms with Crippen LogP contribution >= 0.6 is 0 Å². The first-order valence-corrected chi connectivity index (χ1v) is 6.80. The maximum atomic E-state index is 11.3. The van der Waals surface area contributed by atoms with Crippen molar-refractivity contribution in [1.82, 2.24) is 0 Å². The molecule has 0 aliphatic rings. The van der Waals surface area contributed by atoms with Crippen molar-refractivity contribution in [3.8, 4) is 0 Å². The van der Waals surface area contributed by atoms with Crippen molar-refractivity contribution in [2.75, 3.05) is 17.7 Å². The third-order valence-electron chi connectivity index (χ3n) is 2.29. The van der Waals surface area contributed by atoms with Gasteiger partial charge in [0.25, 0.3) is 0 Å². The smallest absolute Gasteiger partial charge is 0.148 e. The quantitative estimate of drug-likeness (QED) is 0.798. The molecule has 0 saturated carbocycles. The van der Waals surface area contributed by atoms with Crippen molar-refractivity contribution in [2.45, 2.75) is 19.3 Å². The van der Waals surface area contributed by atoms with Crippen molar-refractivity contribution in [3.63, 3.8) is 0 Å². The van der Waals surface area contributed by atoms with Crippen LogP contribution in [-0.4, -0.2) is 20.4 Å². The minimum absolute atomic E-state index is 0.128. The third kappa shape index (κ3) is 3.55. The highest BCUT2D eigenvalue weighted by molar-refractivity contribution is 7.90. The molecule has 1 rings (SSSR count). The molecule has 0 saturated heterocycles. The Balaban J connectivity index is 3.06. The summed E-state index contributed by atoms with van der Waals surface area (Å²) in [4.78, 5) is 0. The molecule has 0 amide bonds. The number of hydrogen-bond donors (Lipinski definition) is 1. The number of sulfone groups is 1. The van der Waals surface area contributed by atoms with E-state index in [2.05, 4.69) is 0 Å². The summed E-state index contributed by atoms with van der Waals surface area (Å²) < 4.78 is 22.5. The van der Waals surface area contributed by atoms with Gasteiger partial charge in [0.05, 0.1) is 5.75 Å². The predicted octanol–water partition coefficient (Wildman–Crippen LogP) is 1.59. The van der Waals surface area contributed by atoms with Crippen LogP contribution in [0.5, 0.6) is 0 Å². The lowest BCUT2D eigenvalue weighted by Crippen LogP contribution is -2.27. The van der Waals surface area contributed by atoms with Crippen LogP contribution in [0.15, 0.2) is 24.3 Å². The number of benzene rings is 1. The SMILES string of the molecule is CC(C)(CS(C)(=O)=O)c1cccc(N)c1. The van der Waals surface area contributed by atoms with E-state index < -0.39 is 15.3 Å². The minimum Gasteiger partial charge on any atom is -0.399 e. The van der Waals surface area contributed by atoms with Crippen molar-refractivity contribution >= 4 is 15.5 Å². The standard InChI is InChI=1S/C11H17NO2S/c1-11(2,8-15(3,13)14)9-5-4-6-10(12)7-9/h4-7H,8,12H2,1-3H3. The second-order valence-electron chi connectivity index (χ2n) is 4.58. The molecule has 0 aliphatic heterocycles. The van der Waals surface area contributed by atoms with Crippen LogP contribution in [0.3, 0.4) is 0 Å². The third-order valence-corrected chi connectivity index (χ3v) is 3.54. The molecule has 15 heavy (non-hydrogen) atoms. The topological polar surface area (TPSA) is 60.2 Å². The number of nitrogen functional groups attached to an aromatic ring is 1.